The number of para-hydroxylation sites is 1. The van der Waals surface area contributed by atoms with Crippen molar-refractivity contribution in [1.82, 2.24) is 10.3 Å². The van der Waals surface area contributed by atoms with E-state index in [4.69, 9.17) is 14.1 Å². The van der Waals surface area contributed by atoms with E-state index in [9.17, 15) is 0 Å². The minimum Gasteiger partial charge on any atom is -0.462 e. The van der Waals surface area contributed by atoms with Crippen LogP contribution in [0, 0.1) is 0 Å². The van der Waals surface area contributed by atoms with Crippen molar-refractivity contribution in [2.75, 3.05) is 31.1 Å². The fourth-order valence-electron chi connectivity index (χ4n) is 4.42. The van der Waals surface area contributed by atoms with Gasteiger partial charge in [0.1, 0.15) is 23.3 Å². The molecule has 0 aliphatic carbocycles. The molecule has 0 amide bonds. The molecule has 0 radical (unpaired) electrons. The van der Waals surface area contributed by atoms with Gasteiger partial charge in [-0.05, 0) is 53.6 Å². The summed E-state index contributed by atoms with van der Waals surface area (Å²) in [5.41, 5.74) is 7.01. The Balaban J connectivity index is 1.26. The quantitative estimate of drug-likeness (QED) is 0.340. The highest BCUT2D eigenvalue weighted by Gasteiger charge is 2.13. The van der Waals surface area contributed by atoms with E-state index in [0.717, 1.165) is 71.0 Å². The average molecular weight is 448 g/mol. The van der Waals surface area contributed by atoms with Crippen LogP contribution in [0.1, 0.15) is 0 Å². The molecule has 1 N–H and O–H groups in total. The lowest BCUT2D eigenvalue weighted by molar-refractivity contribution is 0.483. The zero-order valence-electron chi connectivity index (χ0n) is 18.8. The Kier molecular flexibility index (Phi) is 5.45. The molecule has 5 aromatic rings. The molecule has 5 heteroatoms. The smallest absolute Gasteiger partial charge is 0.153 e. The van der Waals surface area contributed by atoms with Crippen LogP contribution in [0.2, 0.25) is 0 Å². The number of fused-ring (bicyclic) bond motifs is 1. The van der Waals surface area contributed by atoms with Crippen molar-refractivity contribution in [1.29, 1.82) is 0 Å². The summed E-state index contributed by atoms with van der Waals surface area (Å²) in [4.78, 5) is 7.18. The Morgan fingerprint density at radius 3 is 2.38 bits per heavy atom. The third-order valence-corrected chi connectivity index (χ3v) is 6.22. The largest absolute Gasteiger partial charge is 0.462 e. The lowest BCUT2D eigenvalue weighted by Crippen LogP contribution is -2.43. The minimum atomic E-state index is 0.771. The molecule has 1 aliphatic rings. The molecule has 6 rings (SSSR count). The first-order valence-electron chi connectivity index (χ1n) is 11.6. The van der Waals surface area contributed by atoms with Crippen LogP contribution in [-0.2, 0) is 0 Å². The van der Waals surface area contributed by atoms with Crippen molar-refractivity contribution in [2.24, 2.45) is 0 Å². The highest BCUT2D eigenvalue weighted by molar-refractivity contribution is 5.92. The van der Waals surface area contributed by atoms with Crippen LogP contribution in [-0.4, -0.2) is 31.2 Å². The van der Waals surface area contributed by atoms with Crippen molar-refractivity contribution in [3.05, 3.63) is 97.4 Å². The summed E-state index contributed by atoms with van der Waals surface area (Å²) in [6.45, 7) is 4.15. The Morgan fingerprint density at radius 2 is 1.56 bits per heavy atom. The second kappa shape index (κ2) is 9.04. The molecule has 1 saturated heterocycles. The molecule has 168 valence electrons. The van der Waals surface area contributed by atoms with E-state index in [-0.39, 0.29) is 0 Å². The summed E-state index contributed by atoms with van der Waals surface area (Å²) in [6.07, 6.45) is 3.70. The minimum absolute atomic E-state index is 0.771. The molecule has 1 fully saturated rings. The van der Waals surface area contributed by atoms with E-state index >= 15 is 0 Å². The van der Waals surface area contributed by atoms with Crippen LogP contribution in [0.5, 0.6) is 11.5 Å². The van der Waals surface area contributed by atoms with Gasteiger partial charge in [-0.15, -0.1) is 0 Å². The van der Waals surface area contributed by atoms with Crippen LogP contribution < -0.4 is 15.0 Å². The number of rotatable bonds is 5. The molecule has 3 aromatic carbocycles. The topological polar surface area (TPSA) is 50.5 Å². The van der Waals surface area contributed by atoms with Crippen molar-refractivity contribution >= 4 is 16.8 Å². The molecule has 0 atom stereocenters. The number of benzene rings is 3. The summed E-state index contributed by atoms with van der Waals surface area (Å²) in [6, 6.07) is 28.6. The molecule has 0 saturated carbocycles. The van der Waals surface area contributed by atoms with Crippen molar-refractivity contribution in [3.8, 4) is 33.8 Å². The van der Waals surface area contributed by atoms with Gasteiger partial charge in [0.2, 0.25) is 0 Å². The van der Waals surface area contributed by atoms with Gasteiger partial charge in [0, 0.05) is 49.2 Å². The number of hydrogen-bond acceptors (Lipinski definition) is 5. The molecular formula is C29H25N3O2. The molecule has 0 bridgehead atoms. The number of hydrogen-bond donors (Lipinski definition) is 1. The standard InChI is InChI=1S/C29H25N3O2/c1-2-6-25(7-3-1)34-26-8-4-5-22(17-26)27-20-33-28-18-23(19-31-29(27)28)21-9-11-24(12-10-21)32-15-13-30-14-16-32/h1-12,17-20,30H,13-16H2. The Labute approximate surface area is 198 Å². The number of furan rings is 1. The summed E-state index contributed by atoms with van der Waals surface area (Å²) >= 11 is 0. The number of nitrogens with one attached hydrogen (secondary N) is 1. The van der Waals surface area contributed by atoms with Gasteiger partial charge in [0.05, 0.1) is 0 Å². The predicted octanol–water partition coefficient (Wildman–Crippen LogP) is 6.36. The highest BCUT2D eigenvalue weighted by atomic mass is 16.5. The number of anilines is 1. The van der Waals surface area contributed by atoms with Gasteiger partial charge in [-0.1, -0.05) is 42.5 Å². The fourth-order valence-corrected chi connectivity index (χ4v) is 4.42. The molecule has 1 aliphatic heterocycles. The number of nitrogens with zero attached hydrogens (tertiary/aromatic N) is 2. The van der Waals surface area contributed by atoms with Gasteiger partial charge < -0.3 is 19.4 Å². The van der Waals surface area contributed by atoms with Crippen molar-refractivity contribution in [2.45, 2.75) is 0 Å². The van der Waals surface area contributed by atoms with Gasteiger partial charge >= 0.3 is 0 Å². The second-order valence-electron chi connectivity index (χ2n) is 8.45. The van der Waals surface area contributed by atoms with E-state index in [0.29, 0.717) is 0 Å². The van der Waals surface area contributed by atoms with Gasteiger partial charge in [-0.3, -0.25) is 4.98 Å². The van der Waals surface area contributed by atoms with Crippen molar-refractivity contribution in [3.63, 3.8) is 0 Å². The lowest BCUT2D eigenvalue weighted by atomic mass is 10.0. The zero-order chi connectivity index (χ0) is 22.7. The van der Waals surface area contributed by atoms with Crippen LogP contribution >= 0.6 is 0 Å². The summed E-state index contributed by atoms with van der Waals surface area (Å²) in [5.74, 6) is 1.58. The predicted molar refractivity (Wildman–Crippen MR) is 136 cm³/mol. The van der Waals surface area contributed by atoms with E-state index < -0.39 is 0 Å². The summed E-state index contributed by atoms with van der Waals surface area (Å²) in [7, 11) is 0. The van der Waals surface area contributed by atoms with Crippen LogP contribution in [0.15, 0.2) is 102 Å². The van der Waals surface area contributed by atoms with E-state index in [1.165, 1.54) is 5.69 Å². The molecule has 0 unspecified atom stereocenters. The van der Waals surface area contributed by atoms with E-state index in [1.54, 1.807) is 6.26 Å². The zero-order valence-corrected chi connectivity index (χ0v) is 18.8. The first-order chi connectivity index (χ1) is 16.8. The Bertz CT molecular complexity index is 1400. The Hall–Kier alpha value is -4.09. The first-order valence-corrected chi connectivity index (χ1v) is 11.6. The summed E-state index contributed by atoms with van der Waals surface area (Å²) < 4.78 is 11.9. The maximum Gasteiger partial charge on any atom is 0.153 e. The van der Waals surface area contributed by atoms with E-state index in [2.05, 4.69) is 40.5 Å². The molecular weight excluding hydrogens is 422 g/mol. The number of ether oxygens (including phenoxy) is 1. The van der Waals surface area contributed by atoms with Crippen LogP contribution in [0.4, 0.5) is 5.69 Å². The third-order valence-electron chi connectivity index (χ3n) is 6.22. The fraction of sp³-hybridized carbons (Fsp3) is 0.138. The highest BCUT2D eigenvalue weighted by Crippen LogP contribution is 2.34. The van der Waals surface area contributed by atoms with Crippen LogP contribution in [0.3, 0.4) is 0 Å². The second-order valence-corrected chi connectivity index (χ2v) is 8.45. The molecule has 5 nitrogen and oxygen atoms in total. The van der Waals surface area contributed by atoms with Gasteiger partial charge in [-0.2, -0.15) is 0 Å². The van der Waals surface area contributed by atoms with Gasteiger partial charge in [-0.25, -0.2) is 0 Å². The van der Waals surface area contributed by atoms with Gasteiger partial charge in [0.15, 0.2) is 5.58 Å². The average Bonchev–Trinajstić information content (AvgIpc) is 3.34. The molecule has 2 aromatic heterocycles. The maximum absolute atomic E-state index is 6.00. The van der Waals surface area contributed by atoms with Gasteiger partial charge in [0.25, 0.3) is 0 Å². The number of pyridine rings is 1. The normalized spacial score (nSPS) is 13.8. The monoisotopic (exact) mass is 447 g/mol. The molecule has 3 heterocycles. The lowest BCUT2D eigenvalue weighted by Gasteiger charge is -2.29. The van der Waals surface area contributed by atoms with E-state index in [1.807, 2.05) is 60.8 Å². The third kappa shape index (κ3) is 4.14. The number of piperazine rings is 1. The number of aromatic nitrogens is 1. The molecule has 34 heavy (non-hydrogen) atoms. The Morgan fingerprint density at radius 1 is 0.765 bits per heavy atom. The molecule has 0 spiro atoms. The first kappa shape index (κ1) is 20.5. The van der Waals surface area contributed by atoms with Crippen LogP contribution in [0.25, 0.3) is 33.4 Å². The maximum atomic E-state index is 6.00. The summed E-state index contributed by atoms with van der Waals surface area (Å²) in [5, 5.41) is 3.40. The SMILES string of the molecule is c1ccc(Oc2cccc(-c3coc4cc(-c5ccc(N6CCNCC6)cc5)cnc34)c2)cc1. The van der Waals surface area contributed by atoms with Crippen molar-refractivity contribution < 1.29 is 9.15 Å².